The Morgan fingerprint density at radius 3 is 1.25 bits per heavy atom. The molecule has 0 radical (unpaired) electrons. The first kappa shape index (κ1) is 43.8. The van der Waals surface area contributed by atoms with Gasteiger partial charge in [-0.15, -0.1) is 0 Å². The van der Waals surface area contributed by atoms with Crippen LogP contribution in [-0.2, 0) is 46.1 Å². The smallest absolute Gasteiger partial charge is 1.00 e. The van der Waals surface area contributed by atoms with Crippen LogP contribution in [0, 0.1) is 13.8 Å². The van der Waals surface area contributed by atoms with Crippen LogP contribution in [0.2, 0.25) is 5.04 Å². The van der Waals surface area contributed by atoms with E-state index in [9.17, 15) is 0 Å². The molecular weight excluding hydrogens is 747 g/mol. The monoisotopic (exact) mass is 796 g/mol. The number of benzene rings is 5. The molecule has 52 heavy (non-hydrogen) atoms. The third-order valence-electron chi connectivity index (χ3n) is 11.4. The first-order valence-electron chi connectivity index (χ1n) is 18.1. The molecule has 268 valence electrons. The summed E-state index contributed by atoms with van der Waals surface area (Å²) >= 11 is 2.45. The maximum atomic E-state index is 2.63. The number of allylic oxidation sites excluding steroid dienone is 4. The van der Waals surface area contributed by atoms with Crippen LogP contribution in [0.3, 0.4) is 0 Å². The minimum absolute atomic E-state index is 0. The second-order valence-electron chi connectivity index (χ2n) is 14.6. The third kappa shape index (κ3) is 8.07. The van der Waals surface area contributed by atoms with Gasteiger partial charge in [-0.3, -0.25) is 0 Å². The van der Waals surface area contributed by atoms with E-state index >= 15 is 0 Å². The van der Waals surface area contributed by atoms with Crippen molar-refractivity contribution in [1.82, 2.24) is 0 Å². The molecule has 0 amide bonds. The van der Waals surface area contributed by atoms with Crippen LogP contribution in [0.25, 0.3) is 0 Å². The van der Waals surface area contributed by atoms with Crippen molar-refractivity contribution in [2.24, 2.45) is 0 Å². The SMILES string of the molecule is CCc1cc(CC)cc([Si](c2cc(C)cc(C)c2)(c2cc(Cc3ccccc3)cc(Cc3ccccc3)c2)C2(C)C(C)=C(C)C(C)=[C]2[Ti+3])c1.[Cl-].[Cl-].[Cl-]. The zero-order chi connectivity index (χ0) is 34.9. The maximum absolute atomic E-state index is 2.90. The van der Waals surface area contributed by atoms with Gasteiger partial charge in [0, 0.05) is 0 Å². The molecule has 0 nitrogen and oxygen atoms in total. The van der Waals surface area contributed by atoms with Crippen LogP contribution in [-0.4, -0.2) is 8.07 Å². The summed E-state index contributed by atoms with van der Waals surface area (Å²) in [4.78, 5) is 0. The van der Waals surface area contributed by atoms with E-state index in [4.69, 9.17) is 0 Å². The van der Waals surface area contributed by atoms with Gasteiger partial charge in [0.15, 0.2) is 0 Å². The predicted octanol–water partition coefficient (Wildman–Crippen LogP) is 1.02. The zero-order valence-corrected chi connectivity index (χ0v) is 36.8. The van der Waals surface area contributed by atoms with Gasteiger partial charge in [-0.1, -0.05) is 0 Å². The van der Waals surface area contributed by atoms with Crippen molar-refractivity contribution in [1.29, 1.82) is 0 Å². The fraction of sp³-hybridized carbons (Fsp3) is 0.277. The molecule has 1 aliphatic rings. The van der Waals surface area contributed by atoms with Gasteiger partial charge in [0.2, 0.25) is 0 Å². The first-order valence-corrected chi connectivity index (χ1v) is 20.8. The van der Waals surface area contributed by atoms with E-state index in [0.29, 0.717) is 0 Å². The van der Waals surface area contributed by atoms with Crippen molar-refractivity contribution in [2.75, 3.05) is 0 Å². The minimum atomic E-state index is -2.90. The van der Waals surface area contributed by atoms with E-state index in [2.05, 4.69) is 191 Å². The summed E-state index contributed by atoms with van der Waals surface area (Å²) in [5.74, 6) is 0. The van der Waals surface area contributed by atoms with Crippen molar-refractivity contribution in [2.45, 2.75) is 86.1 Å². The van der Waals surface area contributed by atoms with E-state index in [0.717, 1.165) is 25.7 Å². The molecule has 0 fully saturated rings. The molecule has 0 aliphatic heterocycles. The van der Waals surface area contributed by atoms with Crippen LogP contribution >= 0.6 is 0 Å². The normalized spacial score (nSPS) is 16.5. The molecule has 5 heteroatoms. The minimum Gasteiger partial charge on any atom is -1.00 e. The average Bonchev–Trinajstić information content (AvgIpc) is 3.24. The number of hydrogen-bond acceptors (Lipinski definition) is 0. The van der Waals surface area contributed by atoms with Crippen LogP contribution < -0.4 is 52.8 Å². The Kier molecular flexibility index (Phi) is 15.3. The van der Waals surface area contributed by atoms with Crippen LogP contribution in [0.4, 0.5) is 0 Å². The molecule has 5 aromatic rings. The number of halogens is 3. The Balaban J connectivity index is 0.00000243. The van der Waals surface area contributed by atoms with Gasteiger partial charge in [-0.05, 0) is 0 Å². The van der Waals surface area contributed by atoms with Gasteiger partial charge in [0.05, 0.1) is 0 Å². The van der Waals surface area contributed by atoms with E-state index in [-0.39, 0.29) is 42.3 Å². The summed E-state index contributed by atoms with van der Waals surface area (Å²) in [6, 6.07) is 45.0. The van der Waals surface area contributed by atoms with Gasteiger partial charge in [-0.25, -0.2) is 0 Å². The van der Waals surface area contributed by atoms with Crippen molar-refractivity contribution >= 4 is 23.6 Å². The van der Waals surface area contributed by atoms with Gasteiger partial charge in [-0.2, -0.15) is 0 Å². The molecule has 6 rings (SSSR count). The van der Waals surface area contributed by atoms with Crippen molar-refractivity contribution in [3.63, 3.8) is 0 Å². The molecule has 5 aromatic carbocycles. The quantitative estimate of drug-likeness (QED) is 0.147. The second-order valence-corrected chi connectivity index (χ2v) is 19.6. The average molecular weight is 798 g/mol. The molecule has 1 aliphatic carbocycles. The molecule has 0 spiro atoms. The second kappa shape index (κ2) is 18.1. The Hall–Kier alpha value is -2.62. The number of rotatable bonds is 10. The van der Waals surface area contributed by atoms with Crippen LogP contribution in [0.1, 0.15) is 86.1 Å². The molecule has 2 unspecified atom stereocenters. The summed E-state index contributed by atoms with van der Waals surface area (Å²) in [5.41, 5.74) is 15.6. The van der Waals surface area contributed by atoms with Crippen molar-refractivity contribution in [3.8, 4) is 0 Å². The summed E-state index contributed by atoms with van der Waals surface area (Å²) in [6.45, 7) is 19.0. The van der Waals surface area contributed by atoms with E-state index in [1.165, 1.54) is 75.5 Å². The van der Waals surface area contributed by atoms with Crippen LogP contribution in [0.5, 0.6) is 0 Å². The summed E-state index contributed by atoms with van der Waals surface area (Å²) < 4.78 is 1.53. The summed E-state index contributed by atoms with van der Waals surface area (Å²) in [5, 5.41) is 4.43. The van der Waals surface area contributed by atoms with Gasteiger partial charge < -0.3 is 37.2 Å². The topological polar surface area (TPSA) is 0 Å². The maximum Gasteiger partial charge on any atom is -1.00 e. The van der Waals surface area contributed by atoms with E-state index < -0.39 is 8.07 Å². The third-order valence-corrected chi connectivity index (χ3v) is 18.8. The first-order chi connectivity index (χ1) is 23.5. The number of hydrogen-bond donors (Lipinski definition) is 0. The molecule has 0 heterocycles. The molecule has 0 bridgehead atoms. The molecule has 0 N–H and O–H groups in total. The zero-order valence-electron chi connectivity index (χ0n) is 31.9. The summed E-state index contributed by atoms with van der Waals surface area (Å²) in [7, 11) is -2.90. The van der Waals surface area contributed by atoms with Crippen molar-refractivity contribution < 1.29 is 57.7 Å². The fourth-order valence-corrected chi connectivity index (χ4v) is 16.7. The Labute approximate surface area is 345 Å². The van der Waals surface area contributed by atoms with E-state index in [1.807, 2.05) is 0 Å². The number of aryl methyl sites for hydroxylation is 4. The van der Waals surface area contributed by atoms with E-state index in [1.54, 1.807) is 5.19 Å². The molecular formula is C47H51Cl3SiTi. The largest absolute Gasteiger partial charge is 1.00 e. The van der Waals surface area contributed by atoms with Gasteiger partial charge in [0.25, 0.3) is 0 Å². The molecule has 0 aromatic heterocycles. The Bertz CT molecular complexity index is 1940. The predicted molar refractivity (Wildman–Crippen MR) is 210 cm³/mol. The van der Waals surface area contributed by atoms with Gasteiger partial charge in [0.1, 0.15) is 0 Å². The fourth-order valence-electron chi connectivity index (χ4n) is 8.67. The molecule has 0 saturated heterocycles. The Morgan fingerprint density at radius 2 is 0.865 bits per heavy atom. The van der Waals surface area contributed by atoms with Crippen LogP contribution in [0.15, 0.2) is 136 Å². The van der Waals surface area contributed by atoms with Crippen molar-refractivity contribution in [3.05, 3.63) is 180 Å². The Morgan fingerprint density at radius 1 is 0.481 bits per heavy atom. The molecule has 0 saturated carbocycles. The van der Waals surface area contributed by atoms with Gasteiger partial charge >= 0.3 is 311 Å². The molecule has 2 atom stereocenters. The summed E-state index contributed by atoms with van der Waals surface area (Å²) in [6.07, 6.45) is 3.90. The standard InChI is InChI=1S/C47H51Si.3ClH.Ti/c1-9-38-24-39(10-2)29-45(28-38)48(44-22-33(3)21-34(4)23-44,47(8)32-35(5)36(6)37(47)7)46-30-42(25-40-17-13-11-14-18-40)27-43(31-46)26-41-19-15-12-16-20-41;;;;/h11-24,27-31H,9-10,25-26H2,1-8H3;3*1H;/q;;;;+3/p-3.